The van der Waals surface area contributed by atoms with Crippen LogP contribution in [0.2, 0.25) is 0 Å². The molecule has 1 aromatic heterocycles. The van der Waals surface area contributed by atoms with Crippen LogP contribution in [-0.4, -0.2) is 71.2 Å². The molecule has 24 heavy (non-hydrogen) atoms. The van der Waals surface area contributed by atoms with E-state index in [4.69, 9.17) is 0 Å². The third-order valence-corrected chi connectivity index (χ3v) is 7.48. The van der Waals surface area contributed by atoms with Crippen molar-refractivity contribution in [1.29, 1.82) is 0 Å². The molecule has 0 amide bonds. The minimum Gasteiger partial charge on any atom is -0.347 e. The molecule has 0 aromatic carbocycles. The molecule has 3 rings (SSSR count). The summed E-state index contributed by atoms with van der Waals surface area (Å²) in [5.74, 6) is 0.845. The first-order valence-corrected chi connectivity index (χ1v) is 10.4. The molecule has 1 saturated heterocycles. The van der Waals surface area contributed by atoms with E-state index in [1.54, 1.807) is 28.1 Å². The maximum atomic E-state index is 13.1. The van der Waals surface area contributed by atoms with Gasteiger partial charge in [0.15, 0.2) is 0 Å². The van der Waals surface area contributed by atoms with Gasteiger partial charge < -0.3 is 4.98 Å². The van der Waals surface area contributed by atoms with Gasteiger partial charge >= 0.3 is 0 Å². The minimum atomic E-state index is -3.42. The van der Waals surface area contributed by atoms with Crippen molar-refractivity contribution in [1.82, 2.24) is 23.5 Å². The average Bonchev–Trinajstić information content (AvgIpc) is 3.15. The summed E-state index contributed by atoms with van der Waals surface area (Å²) >= 11 is 0. The summed E-state index contributed by atoms with van der Waals surface area (Å²) in [6.07, 6.45) is 8.96. The molecule has 7 nitrogen and oxygen atoms in total. The summed E-state index contributed by atoms with van der Waals surface area (Å²) < 4.78 is 29.5. The number of piperazine rings is 1. The minimum absolute atomic E-state index is 0.00622. The second-order valence-corrected chi connectivity index (χ2v) is 8.78. The monoisotopic (exact) mass is 355 g/mol. The van der Waals surface area contributed by atoms with Crippen LogP contribution in [0, 0.1) is 0 Å². The van der Waals surface area contributed by atoms with Gasteiger partial charge in [0, 0.05) is 45.1 Å². The molecule has 1 saturated carbocycles. The number of hydrogen-bond donors (Lipinski definition) is 1. The maximum absolute atomic E-state index is 13.1. The SMILES string of the molecule is CCN1CCN(S(=O)(=O)N(C)C2CCCCC2)CC1c1ncc[nH]1. The van der Waals surface area contributed by atoms with Crippen LogP contribution < -0.4 is 0 Å². The van der Waals surface area contributed by atoms with E-state index in [1.807, 2.05) is 0 Å². The summed E-state index contributed by atoms with van der Waals surface area (Å²) in [6, 6.07) is 0.142. The highest BCUT2D eigenvalue weighted by atomic mass is 32.2. The van der Waals surface area contributed by atoms with Crippen LogP contribution in [-0.2, 0) is 10.2 Å². The normalized spacial score (nSPS) is 25.4. The van der Waals surface area contributed by atoms with Gasteiger partial charge in [-0.15, -0.1) is 0 Å². The van der Waals surface area contributed by atoms with Gasteiger partial charge in [0.1, 0.15) is 5.82 Å². The molecule has 1 aliphatic carbocycles. The average molecular weight is 356 g/mol. The van der Waals surface area contributed by atoms with Gasteiger partial charge in [-0.25, -0.2) is 4.98 Å². The number of imidazole rings is 1. The van der Waals surface area contributed by atoms with E-state index >= 15 is 0 Å². The first kappa shape index (κ1) is 17.8. The van der Waals surface area contributed by atoms with Crippen LogP contribution in [0.1, 0.15) is 50.9 Å². The first-order valence-electron chi connectivity index (χ1n) is 9.00. The number of likely N-dealkylation sites (N-methyl/N-ethyl adjacent to an activating group) is 1. The van der Waals surface area contributed by atoms with Crippen molar-refractivity contribution in [3.63, 3.8) is 0 Å². The molecule has 1 aliphatic heterocycles. The van der Waals surface area contributed by atoms with Gasteiger partial charge in [-0.2, -0.15) is 17.0 Å². The number of aromatic amines is 1. The fourth-order valence-electron chi connectivity index (χ4n) is 3.92. The topological polar surface area (TPSA) is 72.5 Å². The predicted molar refractivity (Wildman–Crippen MR) is 93.7 cm³/mol. The Hall–Kier alpha value is -0.960. The van der Waals surface area contributed by atoms with Gasteiger partial charge in [0.25, 0.3) is 10.2 Å². The zero-order valence-corrected chi connectivity index (χ0v) is 15.5. The lowest BCUT2D eigenvalue weighted by atomic mass is 9.96. The zero-order valence-electron chi connectivity index (χ0n) is 14.7. The lowest BCUT2D eigenvalue weighted by Gasteiger charge is -2.42. The summed E-state index contributed by atoms with van der Waals surface area (Å²) in [5.41, 5.74) is 0. The van der Waals surface area contributed by atoms with Gasteiger partial charge in [-0.3, -0.25) is 4.90 Å². The molecule has 2 fully saturated rings. The molecule has 2 aliphatic rings. The van der Waals surface area contributed by atoms with Crippen LogP contribution in [0.5, 0.6) is 0 Å². The zero-order chi connectivity index (χ0) is 17.2. The third kappa shape index (κ3) is 3.51. The molecule has 8 heteroatoms. The summed E-state index contributed by atoms with van der Waals surface area (Å²) in [4.78, 5) is 9.79. The number of aromatic nitrogens is 2. The Labute approximate surface area is 145 Å². The fraction of sp³-hybridized carbons (Fsp3) is 0.812. The highest BCUT2D eigenvalue weighted by molar-refractivity contribution is 7.86. The van der Waals surface area contributed by atoms with E-state index in [2.05, 4.69) is 21.8 Å². The van der Waals surface area contributed by atoms with Gasteiger partial charge in [0.2, 0.25) is 0 Å². The Balaban J connectivity index is 1.75. The molecule has 0 radical (unpaired) electrons. The first-order chi connectivity index (χ1) is 11.5. The molecule has 136 valence electrons. The van der Waals surface area contributed by atoms with E-state index in [0.717, 1.165) is 44.6 Å². The summed E-state index contributed by atoms with van der Waals surface area (Å²) in [6.45, 7) is 4.73. The highest BCUT2D eigenvalue weighted by Gasteiger charge is 2.38. The largest absolute Gasteiger partial charge is 0.347 e. The van der Waals surface area contributed by atoms with Crippen molar-refractivity contribution < 1.29 is 8.42 Å². The summed E-state index contributed by atoms with van der Waals surface area (Å²) in [5, 5.41) is 0. The number of rotatable bonds is 5. The van der Waals surface area contributed by atoms with Crippen molar-refractivity contribution in [3.05, 3.63) is 18.2 Å². The Morgan fingerprint density at radius 2 is 2.04 bits per heavy atom. The van der Waals surface area contributed by atoms with Gasteiger partial charge in [0.05, 0.1) is 6.04 Å². The van der Waals surface area contributed by atoms with Crippen LogP contribution in [0.25, 0.3) is 0 Å². The number of H-pyrrole nitrogens is 1. The molecule has 1 atom stereocenters. The molecule has 1 unspecified atom stereocenters. The maximum Gasteiger partial charge on any atom is 0.282 e. The van der Waals surface area contributed by atoms with Crippen molar-refractivity contribution in [3.8, 4) is 0 Å². The second kappa shape index (κ2) is 7.51. The molecular formula is C16H29N5O2S. The van der Waals surface area contributed by atoms with Crippen molar-refractivity contribution in [2.24, 2.45) is 0 Å². The van der Waals surface area contributed by atoms with Crippen LogP contribution >= 0.6 is 0 Å². The van der Waals surface area contributed by atoms with Crippen LogP contribution in [0.3, 0.4) is 0 Å². The lowest BCUT2D eigenvalue weighted by Crippen LogP contribution is -2.55. The molecule has 1 aromatic rings. The molecular weight excluding hydrogens is 326 g/mol. The highest BCUT2D eigenvalue weighted by Crippen LogP contribution is 2.28. The van der Waals surface area contributed by atoms with Crippen LogP contribution in [0.4, 0.5) is 0 Å². The predicted octanol–water partition coefficient (Wildman–Crippen LogP) is 1.60. The number of nitrogens with zero attached hydrogens (tertiary/aromatic N) is 4. The number of nitrogens with one attached hydrogen (secondary N) is 1. The second-order valence-electron chi connectivity index (χ2n) is 6.79. The van der Waals surface area contributed by atoms with E-state index in [0.29, 0.717) is 13.1 Å². The molecule has 0 bridgehead atoms. The fourth-order valence-corrected chi connectivity index (χ4v) is 5.51. The summed E-state index contributed by atoms with van der Waals surface area (Å²) in [7, 11) is -1.67. The quantitative estimate of drug-likeness (QED) is 0.871. The van der Waals surface area contributed by atoms with E-state index in [-0.39, 0.29) is 12.1 Å². The van der Waals surface area contributed by atoms with Crippen LogP contribution in [0.15, 0.2) is 12.4 Å². The Bertz CT molecular complexity index is 612. The smallest absolute Gasteiger partial charge is 0.282 e. The van der Waals surface area contributed by atoms with Crippen molar-refractivity contribution >= 4 is 10.2 Å². The van der Waals surface area contributed by atoms with E-state index in [9.17, 15) is 8.42 Å². The van der Waals surface area contributed by atoms with Gasteiger partial charge in [-0.1, -0.05) is 26.2 Å². The Morgan fingerprint density at radius 3 is 2.67 bits per heavy atom. The standard InChI is InChI=1S/C16H29N5O2S/c1-3-20-11-12-21(13-15(20)16-17-9-10-18-16)24(22,23)19(2)14-7-5-4-6-8-14/h9-10,14-15H,3-8,11-13H2,1-2H3,(H,17,18). The molecule has 2 heterocycles. The molecule has 1 N–H and O–H groups in total. The third-order valence-electron chi connectivity index (χ3n) is 5.47. The Morgan fingerprint density at radius 1 is 1.29 bits per heavy atom. The van der Waals surface area contributed by atoms with E-state index < -0.39 is 10.2 Å². The number of hydrogen-bond acceptors (Lipinski definition) is 4. The van der Waals surface area contributed by atoms with Crippen molar-refractivity contribution in [2.45, 2.75) is 51.1 Å². The molecule has 0 spiro atoms. The van der Waals surface area contributed by atoms with Crippen molar-refractivity contribution in [2.75, 3.05) is 33.2 Å². The van der Waals surface area contributed by atoms with E-state index in [1.165, 1.54) is 6.42 Å². The Kier molecular flexibility index (Phi) is 5.59. The van der Waals surface area contributed by atoms with Gasteiger partial charge in [-0.05, 0) is 19.4 Å². The lowest BCUT2D eigenvalue weighted by molar-refractivity contribution is 0.113.